The van der Waals surface area contributed by atoms with Crippen LogP contribution in [0, 0.1) is 5.82 Å². The van der Waals surface area contributed by atoms with Crippen molar-refractivity contribution in [2.75, 3.05) is 19.6 Å². The summed E-state index contributed by atoms with van der Waals surface area (Å²) in [4.78, 5) is 6.87. The Morgan fingerprint density at radius 1 is 1.48 bits per heavy atom. The molecule has 2 N–H and O–H groups in total. The lowest BCUT2D eigenvalue weighted by Gasteiger charge is -2.21. The molecule has 1 aliphatic rings. The number of benzene rings is 1. The van der Waals surface area contributed by atoms with Crippen molar-refractivity contribution in [1.29, 1.82) is 0 Å². The number of aromatic hydroxyl groups is 1. The molecule has 0 spiro atoms. The van der Waals surface area contributed by atoms with E-state index in [1.54, 1.807) is 6.07 Å². The first-order chi connectivity index (χ1) is 12.1. The van der Waals surface area contributed by atoms with Crippen molar-refractivity contribution in [2.24, 2.45) is 12.0 Å². The SMILES string of the molecule is CCNC(=NCc1ccc(O)c(F)c1)N1CCC(c2cnn(C)c2)C1. The minimum absolute atomic E-state index is 0.335. The summed E-state index contributed by atoms with van der Waals surface area (Å²) in [6.07, 6.45) is 5.05. The van der Waals surface area contributed by atoms with Crippen molar-refractivity contribution in [3.63, 3.8) is 0 Å². The van der Waals surface area contributed by atoms with E-state index in [0.717, 1.165) is 37.6 Å². The number of aryl methyl sites for hydroxylation is 1. The third kappa shape index (κ3) is 4.10. The quantitative estimate of drug-likeness (QED) is 0.659. The molecule has 0 bridgehead atoms. The Kier molecular flexibility index (Phi) is 5.21. The zero-order valence-corrected chi connectivity index (χ0v) is 14.6. The summed E-state index contributed by atoms with van der Waals surface area (Å²) < 4.78 is 15.3. The van der Waals surface area contributed by atoms with Crippen molar-refractivity contribution in [2.45, 2.75) is 25.8 Å². The molecule has 0 amide bonds. The smallest absolute Gasteiger partial charge is 0.194 e. The van der Waals surface area contributed by atoms with Crippen LogP contribution in [0.5, 0.6) is 5.75 Å². The largest absolute Gasteiger partial charge is 0.505 e. The number of hydrogen-bond donors (Lipinski definition) is 2. The molecule has 7 heteroatoms. The van der Waals surface area contributed by atoms with Gasteiger partial charge in [0.25, 0.3) is 0 Å². The van der Waals surface area contributed by atoms with Crippen molar-refractivity contribution in [3.05, 3.63) is 47.5 Å². The lowest BCUT2D eigenvalue weighted by molar-refractivity contribution is 0.432. The molecule has 1 aromatic heterocycles. The van der Waals surface area contributed by atoms with Crippen LogP contribution < -0.4 is 5.32 Å². The van der Waals surface area contributed by atoms with Crippen LogP contribution in [0.3, 0.4) is 0 Å². The van der Waals surface area contributed by atoms with Gasteiger partial charge < -0.3 is 15.3 Å². The molecule has 134 valence electrons. The highest BCUT2D eigenvalue weighted by Crippen LogP contribution is 2.26. The molecule has 1 unspecified atom stereocenters. The van der Waals surface area contributed by atoms with E-state index in [4.69, 9.17) is 0 Å². The van der Waals surface area contributed by atoms with E-state index in [1.807, 2.05) is 24.9 Å². The number of likely N-dealkylation sites (tertiary alicyclic amines) is 1. The number of nitrogens with one attached hydrogen (secondary N) is 1. The molecule has 1 fully saturated rings. The fourth-order valence-electron chi connectivity index (χ4n) is 3.12. The monoisotopic (exact) mass is 345 g/mol. The number of phenolic OH excluding ortho intramolecular Hbond substituents is 1. The highest BCUT2D eigenvalue weighted by molar-refractivity contribution is 5.80. The lowest BCUT2D eigenvalue weighted by Crippen LogP contribution is -2.40. The number of nitrogens with zero attached hydrogens (tertiary/aromatic N) is 4. The molecule has 1 aliphatic heterocycles. The van der Waals surface area contributed by atoms with Gasteiger partial charge in [-0.3, -0.25) is 4.68 Å². The van der Waals surface area contributed by atoms with Crippen LogP contribution in [0.1, 0.15) is 30.4 Å². The van der Waals surface area contributed by atoms with E-state index in [0.29, 0.717) is 12.5 Å². The number of hydrogen-bond acceptors (Lipinski definition) is 3. The maximum Gasteiger partial charge on any atom is 0.194 e. The van der Waals surface area contributed by atoms with Crippen molar-refractivity contribution in [3.8, 4) is 5.75 Å². The van der Waals surface area contributed by atoms with Gasteiger partial charge in [0.15, 0.2) is 17.5 Å². The molecule has 6 nitrogen and oxygen atoms in total. The summed E-state index contributed by atoms with van der Waals surface area (Å²) >= 11 is 0. The summed E-state index contributed by atoms with van der Waals surface area (Å²) in [7, 11) is 1.93. The molecule has 1 atom stereocenters. The third-order valence-electron chi connectivity index (χ3n) is 4.44. The van der Waals surface area contributed by atoms with Crippen molar-refractivity contribution < 1.29 is 9.50 Å². The first-order valence-corrected chi connectivity index (χ1v) is 8.56. The van der Waals surface area contributed by atoms with Gasteiger partial charge in [0.1, 0.15) is 0 Å². The van der Waals surface area contributed by atoms with Crippen LogP contribution in [0.2, 0.25) is 0 Å². The van der Waals surface area contributed by atoms with E-state index in [-0.39, 0.29) is 5.75 Å². The summed E-state index contributed by atoms with van der Waals surface area (Å²) in [5.41, 5.74) is 1.98. The van der Waals surface area contributed by atoms with Gasteiger partial charge in [-0.05, 0) is 36.6 Å². The number of aliphatic imine (C=N–C) groups is 1. The molecule has 2 heterocycles. The van der Waals surface area contributed by atoms with Crippen LogP contribution in [-0.2, 0) is 13.6 Å². The molecule has 1 saturated heterocycles. The number of halogens is 1. The zero-order chi connectivity index (χ0) is 17.8. The minimum Gasteiger partial charge on any atom is -0.505 e. The number of aromatic nitrogens is 2. The Labute approximate surface area is 147 Å². The van der Waals surface area contributed by atoms with E-state index in [1.165, 1.54) is 17.7 Å². The third-order valence-corrected chi connectivity index (χ3v) is 4.44. The first kappa shape index (κ1) is 17.3. The van der Waals surface area contributed by atoms with Gasteiger partial charge in [0, 0.05) is 38.8 Å². The summed E-state index contributed by atoms with van der Waals surface area (Å²) in [6, 6.07) is 4.38. The van der Waals surface area contributed by atoms with Crippen molar-refractivity contribution in [1.82, 2.24) is 20.0 Å². The molecule has 2 aromatic rings. The van der Waals surface area contributed by atoms with Gasteiger partial charge in [-0.25, -0.2) is 9.38 Å². The highest BCUT2D eigenvalue weighted by atomic mass is 19.1. The summed E-state index contributed by atoms with van der Waals surface area (Å²) in [6.45, 7) is 4.99. The van der Waals surface area contributed by atoms with Gasteiger partial charge in [-0.2, -0.15) is 5.10 Å². The Bertz CT molecular complexity index is 758. The minimum atomic E-state index is -0.615. The molecule has 0 saturated carbocycles. The van der Waals surface area contributed by atoms with Gasteiger partial charge in [0.2, 0.25) is 0 Å². The van der Waals surface area contributed by atoms with Crippen LogP contribution >= 0.6 is 0 Å². The molecule has 0 aliphatic carbocycles. The number of rotatable bonds is 4. The van der Waals surface area contributed by atoms with Crippen LogP contribution in [0.15, 0.2) is 35.6 Å². The standard InChI is InChI=1S/C18H24FN5O/c1-3-20-18(21-9-13-4-5-17(25)16(19)8-13)24-7-6-14(12-24)15-10-22-23(2)11-15/h4-5,8,10-11,14,25H,3,6-7,9,12H2,1-2H3,(H,20,21). The molecule has 1 aromatic carbocycles. The second kappa shape index (κ2) is 7.55. The fourth-order valence-corrected chi connectivity index (χ4v) is 3.12. The predicted molar refractivity (Wildman–Crippen MR) is 95.0 cm³/mol. The van der Waals surface area contributed by atoms with Crippen LogP contribution in [-0.4, -0.2) is 45.4 Å². The van der Waals surface area contributed by atoms with Crippen molar-refractivity contribution >= 4 is 5.96 Å². The second-order valence-corrected chi connectivity index (χ2v) is 6.33. The normalized spacial score (nSPS) is 18.0. The average molecular weight is 345 g/mol. The van der Waals surface area contributed by atoms with E-state index < -0.39 is 5.82 Å². The predicted octanol–water partition coefficient (Wildman–Crippen LogP) is 2.22. The topological polar surface area (TPSA) is 65.7 Å². The zero-order valence-electron chi connectivity index (χ0n) is 14.6. The molecular weight excluding hydrogens is 321 g/mol. The van der Waals surface area contributed by atoms with Gasteiger partial charge in [-0.1, -0.05) is 6.07 Å². The highest BCUT2D eigenvalue weighted by Gasteiger charge is 2.26. The van der Waals surface area contributed by atoms with E-state index in [9.17, 15) is 9.50 Å². The Balaban J connectivity index is 1.69. The van der Waals surface area contributed by atoms with Crippen LogP contribution in [0.25, 0.3) is 0 Å². The van der Waals surface area contributed by atoms with E-state index in [2.05, 4.69) is 26.5 Å². The first-order valence-electron chi connectivity index (χ1n) is 8.56. The molecule has 0 radical (unpaired) electrons. The Hall–Kier alpha value is -2.57. The summed E-state index contributed by atoms with van der Waals surface area (Å²) in [5, 5.41) is 16.8. The molecular formula is C18H24FN5O. The fraction of sp³-hybridized carbons (Fsp3) is 0.444. The van der Waals surface area contributed by atoms with Gasteiger partial charge in [-0.15, -0.1) is 0 Å². The number of guanidine groups is 1. The Morgan fingerprint density at radius 2 is 2.32 bits per heavy atom. The molecule has 3 rings (SSSR count). The summed E-state index contributed by atoms with van der Waals surface area (Å²) in [5.74, 6) is 0.333. The van der Waals surface area contributed by atoms with E-state index >= 15 is 0 Å². The maximum absolute atomic E-state index is 13.5. The van der Waals surface area contributed by atoms with Gasteiger partial charge in [0.05, 0.1) is 12.7 Å². The second-order valence-electron chi connectivity index (χ2n) is 6.33. The van der Waals surface area contributed by atoms with Gasteiger partial charge >= 0.3 is 0 Å². The maximum atomic E-state index is 13.5. The average Bonchev–Trinajstić information content (AvgIpc) is 3.23. The van der Waals surface area contributed by atoms with Crippen LogP contribution in [0.4, 0.5) is 4.39 Å². The number of phenols is 1. The molecule has 25 heavy (non-hydrogen) atoms. The lowest BCUT2D eigenvalue weighted by atomic mass is 10.0. The Morgan fingerprint density at radius 3 is 3.00 bits per heavy atom.